The summed E-state index contributed by atoms with van der Waals surface area (Å²) in [5.74, 6) is -0.801. The number of ketones is 1. The minimum absolute atomic E-state index is 0.00173. The van der Waals surface area contributed by atoms with Gasteiger partial charge in [-0.2, -0.15) is 0 Å². The fourth-order valence-corrected chi connectivity index (χ4v) is 11.3. The topological polar surface area (TPSA) is 123 Å². The van der Waals surface area contributed by atoms with E-state index in [1.54, 1.807) is 6.08 Å². The first-order valence-corrected chi connectivity index (χ1v) is 17.8. The number of carbonyl (C=O) groups excluding carboxylic acids is 1. The molecule has 0 aromatic carbocycles. The summed E-state index contributed by atoms with van der Waals surface area (Å²) in [5.41, 5.74) is 0.580. The molecule has 6 rings (SSSR count). The first kappa shape index (κ1) is 33.0. The third-order valence-corrected chi connectivity index (χ3v) is 13.0. The summed E-state index contributed by atoms with van der Waals surface area (Å²) >= 11 is 0. The van der Waals surface area contributed by atoms with Crippen molar-refractivity contribution >= 4 is 17.9 Å². The monoisotopic (exact) mass is 629 g/mol. The molecule has 11 atom stereocenters. The molecule has 0 spiro atoms. The van der Waals surface area contributed by atoms with Gasteiger partial charge >= 0.3 is 12.1 Å². The van der Waals surface area contributed by atoms with Crippen molar-refractivity contribution in [1.82, 2.24) is 4.90 Å². The molecule has 45 heavy (non-hydrogen) atoms. The second kappa shape index (κ2) is 13.3. The molecule has 0 aromatic rings. The van der Waals surface area contributed by atoms with Gasteiger partial charge in [0.25, 0.3) is 0 Å². The van der Waals surface area contributed by atoms with Crippen molar-refractivity contribution in [2.75, 3.05) is 33.9 Å². The number of carbonyl (C=O) groups is 3. The average Bonchev–Trinajstić information content (AvgIpc) is 2.98. The Labute approximate surface area is 268 Å². The molecule has 0 aromatic heterocycles. The van der Waals surface area contributed by atoms with E-state index in [0.717, 1.165) is 37.7 Å². The fraction of sp³-hybridized carbons (Fsp3) is 0.861. The molecule has 2 N–H and O–H groups in total. The maximum atomic E-state index is 14.0. The normalized spacial score (nSPS) is 40.6. The van der Waals surface area contributed by atoms with Crippen LogP contribution in [0.3, 0.4) is 0 Å². The summed E-state index contributed by atoms with van der Waals surface area (Å²) in [6.45, 7) is 5.70. The van der Waals surface area contributed by atoms with E-state index in [4.69, 9.17) is 14.2 Å². The molecule has 0 amide bonds. The van der Waals surface area contributed by atoms with Gasteiger partial charge in [-0.15, -0.1) is 0 Å². The number of allylic oxidation sites excluding steroid dienone is 1. The van der Waals surface area contributed by atoms with Crippen molar-refractivity contribution in [3.63, 3.8) is 0 Å². The highest BCUT2D eigenvalue weighted by molar-refractivity contribution is 5.97. The lowest BCUT2D eigenvalue weighted by atomic mass is 9.45. The molecule has 9 nitrogen and oxygen atoms in total. The zero-order valence-corrected chi connectivity index (χ0v) is 27.7. The van der Waals surface area contributed by atoms with E-state index in [1.165, 1.54) is 32.1 Å². The van der Waals surface area contributed by atoms with Crippen molar-refractivity contribution in [1.29, 1.82) is 0 Å². The molecule has 0 radical (unpaired) electrons. The summed E-state index contributed by atoms with van der Waals surface area (Å²) in [6.07, 6.45) is 10.4. The van der Waals surface area contributed by atoms with Gasteiger partial charge in [-0.05, 0) is 107 Å². The van der Waals surface area contributed by atoms with Crippen molar-refractivity contribution in [2.24, 2.45) is 58.7 Å². The average molecular weight is 630 g/mol. The number of carboxylic acids is 1. The second-order valence-electron chi connectivity index (χ2n) is 16.0. The minimum Gasteiger partial charge on any atom is -0.481 e. The number of rotatable bonds is 9. The van der Waals surface area contributed by atoms with Crippen LogP contribution in [0.25, 0.3) is 0 Å². The zero-order valence-electron chi connectivity index (χ0n) is 27.7. The predicted octanol–water partition coefficient (Wildman–Crippen LogP) is 5.91. The Kier molecular flexibility index (Phi) is 9.71. The molecule has 2 bridgehead atoms. The zero-order chi connectivity index (χ0) is 32.0. The van der Waals surface area contributed by atoms with Crippen LogP contribution >= 0.6 is 0 Å². The van der Waals surface area contributed by atoms with E-state index in [9.17, 15) is 24.6 Å². The number of hydrogen-bond donors (Lipinski definition) is 2. The lowest BCUT2D eigenvalue weighted by molar-refractivity contribution is -0.221. The predicted molar refractivity (Wildman–Crippen MR) is 168 cm³/mol. The van der Waals surface area contributed by atoms with Crippen LogP contribution < -0.4 is 0 Å². The number of nitrogens with zero attached hydrogens (tertiary/aromatic N) is 1. The van der Waals surface area contributed by atoms with E-state index in [-0.39, 0.29) is 41.4 Å². The van der Waals surface area contributed by atoms with Gasteiger partial charge in [0.1, 0.15) is 6.10 Å². The quantitative estimate of drug-likeness (QED) is 0.300. The van der Waals surface area contributed by atoms with Gasteiger partial charge < -0.3 is 29.3 Å². The van der Waals surface area contributed by atoms with Crippen LogP contribution in [-0.2, 0) is 23.8 Å². The maximum absolute atomic E-state index is 14.0. The van der Waals surface area contributed by atoms with Crippen LogP contribution in [0.2, 0.25) is 0 Å². The molecule has 1 heterocycles. The standard InChI is InChI=1S/C36H55NO8/c1-20(2)14-22-10-11-24-23-12-13-26-25-17-43-19-36(26,27(23)15-29(38)32(24)31(22)34(39)40)16-30(45-35(41)42)33(25)44-18-28(37(3)4)21-8-6-5-7-9-21/h15,20-26,28,30-33H,5-14,16-19H2,1-4H3,(H,39,40)(H,41,42)/t22?,23?,24?,25?,26?,28?,30-,31-,32?,33-,36+/m1/s1. The first-order valence-electron chi connectivity index (χ1n) is 17.8. The summed E-state index contributed by atoms with van der Waals surface area (Å²) in [4.78, 5) is 41.0. The fourth-order valence-electron chi connectivity index (χ4n) is 11.3. The van der Waals surface area contributed by atoms with Crippen molar-refractivity contribution < 1.29 is 38.8 Å². The molecular formula is C36H55NO8. The molecule has 252 valence electrons. The minimum atomic E-state index is -1.30. The molecule has 4 saturated carbocycles. The summed E-state index contributed by atoms with van der Waals surface area (Å²) < 4.78 is 18.8. The van der Waals surface area contributed by atoms with Crippen LogP contribution in [0.15, 0.2) is 11.6 Å². The Balaban J connectivity index is 1.29. The first-order chi connectivity index (χ1) is 21.5. The van der Waals surface area contributed by atoms with Crippen molar-refractivity contribution in [2.45, 2.75) is 103 Å². The molecule has 1 aliphatic heterocycles. The van der Waals surface area contributed by atoms with E-state index in [1.807, 2.05) is 0 Å². The van der Waals surface area contributed by atoms with E-state index < -0.39 is 41.6 Å². The number of ether oxygens (including phenoxy) is 3. The number of carboxylic acid groups (broad SMARTS) is 2. The SMILES string of the molecule is CC(C)CC1CCC2C3CCC4C5COC[C@]4(C[C@@H](OC(=O)O)[C@@H]5OCC(C4CCCCC4)N(C)C)C3=CC(=O)C2[C@@H]1C(=O)O. The van der Waals surface area contributed by atoms with Crippen molar-refractivity contribution in [3.8, 4) is 0 Å². The molecular weight excluding hydrogens is 574 g/mol. The van der Waals surface area contributed by atoms with Crippen LogP contribution in [0.1, 0.15) is 84.5 Å². The van der Waals surface area contributed by atoms with Crippen LogP contribution in [0.5, 0.6) is 0 Å². The summed E-state index contributed by atoms with van der Waals surface area (Å²) in [6, 6.07) is 0.256. The Bertz CT molecular complexity index is 1150. The molecule has 5 aliphatic carbocycles. The Morgan fingerprint density at radius 2 is 1.80 bits per heavy atom. The van der Waals surface area contributed by atoms with E-state index >= 15 is 0 Å². The summed E-state index contributed by atoms with van der Waals surface area (Å²) in [7, 11) is 4.21. The molecule has 1 saturated heterocycles. The van der Waals surface area contributed by atoms with Gasteiger partial charge in [-0.25, -0.2) is 4.79 Å². The summed E-state index contributed by atoms with van der Waals surface area (Å²) in [5, 5.41) is 20.2. The smallest absolute Gasteiger partial charge is 0.481 e. The van der Waals surface area contributed by atoms with Gasteiger partial charge in [0.15, 0.2) is 5.78 Å². The van der Waals surface area contributed by atoms with Crippen LogP contribution in [-0.4, -0.2) is 85.2 Å². The Morgan fingerprint density at radius 3 is 2.47 bits per heavy atom. The van der Waals surface area contributed by atoms with Gasteiger partial charge in [-0.3, -0.25) is 9.59 Å². The van der Waals surface area contributed by atoms with Crippen LogP contribution in [0.4, 0.5) is 4.79 Å². The number of aliphatic carboxylic acids is 1. The van der Waals surface area contributed by atoms with Gasteiger partial charge in [0.2, 0.25) is 0 Å². The van der Waals surface area contributed by atoms with Gasteiger partial charge in [-0.1, -0.05) is 38.7 Å². The van der Waals surface area contributed by atoms with Gasteiger partial charge in [0.05, 0.1) is 31.8 Å². The molecule has 9 heteroatoms. The Morgan fingerprint density at radius 1 is 1.04 bits per heavy atom. The highest BCUT2D eigenvalue weighted by Crippen LogP contribution is 2.64. The molecule has 6 aliphatic rings. The highest BCUT2D eigenvalue weighted by Gasteiger charge is 2.64. The molecule has 7 unspecified atom stereocenters. The Hall–Kier alpha value is -1.97. The third kappa shape index (κ3) is 6.11. The number of hydrogen-bond acceptors (Lipinski definition) is 7. The largest absolute Gasteiger partial charge is 0.506 e. The number of fused-ring (bicyclic) bond motifs is 3. The third-order valence-electron chi connectivity index (χ3n) is 13.0. The van der Waals surface area contributed by atoms with E-state index in [0.29, 0.717) is 38.1 Å². The van der Waals surface area contributed by atoms with Crippen molar-refractivity contribution in [3.05, 3.63) is 11.6 Å². The lowest BCUT2D eigenvalue weighted by Gasteiger charge is -2.63. The van der Waals surface area contributed by atoms with Crippen LogP contribution in [0, 0.1) is 58.7 Å². The molecule has 5 fully saturated rings. The lowest BCUT2D eigenvalue weighted by Crippen LogP contribution is -2.64. The van der Waals surface area contributed by atoms with E-state index in [2.05, 4.69) is 32.8 Å². The second-order valence-corrected chi connectivity index (χ2v) is 16.0. The van der Waals surface area contributed by atoms with Gasteiger partial charge in [0, 0.05) is 23.3 Å². The number of likely N-dealkylation sites (N-methyl/N-ethyl adjacent to an activating group) is 1. The maximum Gasteiger partial charge on any atom is 0.506 e. The highest BCUT2D eigenvalue weighted by atomic mass is 16.7.